The molecule has 0 aliphatic rings. The Hall–Kier alpha value is -1.88. The molecule has 0 atom stereocenters. The lowest BCUT2D eigenvalue weighted by Crippen LogP contribution is -2.14. The number of rotatable bonds is 3. The lowest BCUT2D eigenvalue weighted by atomic mass is 9.87. The summed E-state index contributed by atoms with van der Waals surface area (Å²) in [6, 6.07) is 12.9. The first kappa shape index (κ1) is 18.9. The fourth-order valence-corrected chi connectivity index (χ4v) is 3.65. The van der Waals surface area contributed by atoms with Crippen molar-refractivity contribution in [3.63, 3.8) is 0 Å². The zero-order chi connectivity index (χ0) is 18.9. The first-order valence-corrected chi connectivity index (χ1v) is 9.70. The zero-order valence-corrected chi connectivity index (χ0v) is 17.0. The Bertz CT molecular complexity index is 943. The molecular weight excluding hydrogens is 387 g/mol. The largest absolute Gasteiger partial charge is 0.298 e. The van der Waals surface area contributed by atoms with Gasteiger partial charge in [-0.1, -0.05) is 56.1 Å². The maximum absolute atomic E-state index is 12.4. The fourth-order valence-electron chi connectivity index (χ4n) is 2.44. The molecule has 1 amide bonds. The van der Waals surface area contributed by atoms with Crippen molar-refractivity contribution in [1.82, 2.24) is 4.98 Å². The van der Waals surface area contributed by atoms with Crippen LogP contribution in [0.5, 0.6) is 0 Å². The summed E-state index contributed by atoms with van der Waals surface area (Å²) in [4.78, 5) is 16.9. The summed E-state index contributed by atoms with van der Waals surface area (Å²) in [6.07, 6.45) is 0. The number of nitrogens with one attached hydrogen (secondary N) is 1. The van der Waals surface area contributed by atoms with E-state index in [4.69, 9.17) is 23.2 Å². The van der Waals surface area contributed by atoms with Gasteiger partial charge in [-0.2, -0.15) is 0 Å². The van der Waals surface area contributed by atoms with Gasteiger partial charge < -0.3 is 0 Å². The average Bonchev–Trinajstić information content (AvgIpc) is 3.02. The monoisotopic (exact) mass is 404 g/mol. The molecule has 3 nitrogen and oxygen atoms in total. The van der Waals surface area contributed by atoms with Crippen LogP contribution in [-0.2, 0) is 5.41 Å². The normalized spacial score (nSPS) is 11.4. The highest BCUT2D eigenvalue weighted by molar-refractivity contribution is 7.14. The molecule has 0 unspecified atom stereocenters. The van der Waals surface area contributed by atoms with Crippen molar-refractivity contribution >= 4 is 45.6 Å². The van der Waals surface area contributed by atoms with Crippen molar-refractivity contribution in [2.45, 2.75) is 26.2 Å². The number of hydrogen-bond acceptors (Lipinski definition) is 3. The topological polar surface area (TPSA) is 42.0 Å². The van der Waals surface area contributed by atoms with Gasteiger partial charge >= 0.3 is 0 Å². The number of benzene rings is 2. The van der Waals surface area contributed by atoms with Gasteiger partial charge in [-0.15, -0.1) is 11.3 Å². The van der Waals surface area contributed by atoms with E-state index in [1.807, 2.05) is 35.7 Å². The second-order valence-electron chi connectivity index (χ2n) is 6.94. The summed E-state index contributed by atoms with van der Waals surface area (Å²) in [5, 5.41) is 6.31. The number of nitrogens with zero attached hydrogens (tertiary/aromatic N) is 1. The number of anilines is 1. The van der Waals surface area contributed by atoms with Crippen LogP contribution < -0.4 is 5.32 Å². The predicted molar refractivity (Wildman–Crippen MR) is 111 cm³/mol. The van der Waals surface area contributed by atoms with Crippen LogP contribution in [0.4, 0.5) is 5.13 Å². The van der Waals surface area contributed by atoms with Crippen LogP contribution >= 0.6 is 34.5 Å². The molecule has 3 aromatic rings. The molecule has 26 heavy (non-hydrogen) atoms. The van der Waals surface area contributed by atoms with E-state index in [1.54, 1.807) is 12.1 Å². The summed E-state index contributed by atoms with van der Waals surface area (Å²) in [5.41, 5.74) is 3.32. The van der Waals surface area contributed by atoms with Gasteiger partial charge in [0.15, 0.2) is 5.13 Å². The minimum Gasteiger partial charge on any atom is -0.298 e. The molecule has 1 N–H and O–H groups in total. The second-order valence-corrected chi connectivity index (χ2v) is 8.65. The number of carbonyl (C=O) groups is 1. The van der Waals surface area contributed by atoms with Crippen LogP contribution in [0.2, 0.25) is 10.0 Å². The molecule has 0 aliphatic heterocycles. The Kier molecular flexibility index (Phi) is 5.37. The van der Waals surface area contributed by atoms with E-state index < -0.39 is 0 Å². The number of thiazole rings is 1. The highest BCUT2D eigenvalue weighted by Gasteiger charge is 2.15. The standard InChI is InChI=1S/C20H18Cl2N2OS/c1-20(2,3)13-6-4-12(5-7-13)18(25)24-19-23-17(11-26-19)15-9-8-14(21)10-16(15)22/h4-11H,1-3H3,(H,23,24,25). The smallest absolute Gasteiger partial charge is 0.257 e. The van der Waals surface area contributed by atoms with Crippen molar-refractivity contribution in [3.8, 4) is 11.3 Å². The van der Waals surface area contributed by atoms with Crippen LogP contribution in [0.25, 0.3) is 11.3 Å². The maximum atomic E-state index is 12.4. The Morgan fingerprint density at radius 2 is 1.77 bits per heavy atom. The van der Waals surface area contributed by atoms with Gasteiger partial charge in [0.05, 0.1) is 10.7 Å². The highest BCUT2D eigenvalue weighted by atomic mass is 35.5. The van der Waals surface area contributed by atoms with Gasteiger partial charge in [0, 0.05) is 21.5 Å². The maximum Gasteiger partial charge on any atom is 0.257 e. The summed E-state index contributed by atoms with van der Waals surface area (Å²) < 4.78 is 0. The summed E-state index contributed by atoms with van der Waals surface area (Å²) >= 11 is 13.5. The van der Waals surface area contributed by atoms with Crippen molar-refractivity contribution in [2.24, 2.45) is 0 Å². The van der Waals surface area contributed by atoms with Gasteiger partial charge in [0.1, 0.15) is 0 Å². The number of carbonyl (C=O) groups excluding carboxylic acids is 1. The van der Waals surface area contributed by atoms with Crippen molar-refractivity contribution in [2.75, 3.05) is 5.32 Å². The van der Waals surface area contributed by atoms with Crippen molar-refractivity contribution < 1.29 is 4.79 Å². The number of amides is 1. The zero-order valence-electron chi connectivity index (χ0n) is 14.6. The summed E-state index contributed by atoms with van der Waals surface area (Å²) in [6.45, 7) is 6.42. The highest BCUT2D eigenvalue weighted by Crippen LogP contribution is 2.32. The minimum absolute atomic E-state index is 0.0526. The van der Waals surface area contributed by atoms with E-state index in [-0.39, 0.29) is 11.3 Å². The molecule has 0 saturated heterocycles. The van der Waals surface area contributed by atoms with Crippen molar-refractivity contribution in [1.29, 1.82) is 0 Å². The second kappa shape index (κ2) is 7.39. The van der Waals surface area contributed by atoms with E-state index in [2.05, 4.69) is 31.1 Å². The third kappa shape index (κ3) is 4.26. The lowest BCUT2D eigenvalue weighted by molar-refractivity contribution is 0.102. The molecule has 0 spiro atoms. The molecular formula is C20H18Cl2N2OS. The van der Waals surface area contributed by atoms with E-state index in [1.165, 1.54) is 16.9 Å². The quantitative estimate of drug-likeness (QED) is 0.529. The van der Waals surface area contributed by atoms with Crippen LogP contribution in [0.3, 0.4) is 0 Å². The van der Waals surface area contributed by atoms with Gasteiger partial charge in [-0.05, 0) is 41.3 Å². The SMILES string of the molecule is CC(C)(C)c1ccc(C(=O)Nc2nc(-c3ccc(Cl)cc3Cl)cs2)cc1. The Morgan fingerprint density at radius 1 is 1.08 bits per heavy atom. The molecule has 1 aromatic heterocycles. The lowest BCUT2D eigenvalue weighted by Gasteiger charge is -2.18. The van der Waals surface area contributed by atoms with E-state index >= 15 is 0 Å². The van der Waals surface area contributed by atoms with Crippen LogP contribution in [0, 0.1) is 0 Å². The van der Waals surface area contributed by atoms with E-state index in [0.29, 0.717) is 26.4 Å². The Labute approximate surface area is 167 Å². The van der Waals surface area contributed by atoms with Gasteiger partial charge in [0.2, 0.25) is 0 Å². The fraction of sp³-hybridized carbons (Fsp3) is 0.200. The number of hydrogen-bond donors (Lipinski definition) is 1. The third-order valence-electron chi connectivity index (χ3n) is 3.94. The third-order valence-corrected chi connectivity index (χ3v) is 5.25. The van der Waals surface area contributed by atoms with E-state index in [9.17, 15) is 4.79 Å². The van der Waals surface area contributed by atoms with Crippen LogP contribution in [0.1, 0.15) is 36.7 Å². The van der Waals surface area contributed by atoms with Gasteiger partial charge in [-0.3, -0.25) is 10.1 Å². The molecule has 134 valence electrons. The van der Waals surface area contributed by atoms with Gasteiger partial charge in [0.25, 0.3) is 5.91 Å². The first-order chi connectivity index (χ1) is 12.2. The minimum atomic E-state index is -0.187. The molecule has 0 saturated carbocycles. The molecule has 6 heteroatoms. The molecule has 0 fully saturated rings. The predicted octanol–water partition coefficient (Wildman–Crippen LogP) is 6.67. The van der Waals surface area contributed by atoms with Crippen LogP contribution in [-0.4, -0.2) is 10.9 Å². The van der Waals surface area contributed by atoms with Crippen molar-refractivity contribution in [3.05, 3.63) is 69.0 Å². The first-order valence-electron chi connectivity index (χ1n) is 8.07. The molecule has 2 aromatic carbocycles. The average molecular weight is 405 g/mol. The molecule has 0 bridgehead atoms. The molecule has 3 rings (SSSR count). The molecule has 0 aliphatic carbocycles. The van der Waals surface area contributed by atoms with Crippen LogP contribution in [0.15, 0.2) is 47.8 Å². The number of halogens is 2. The Morgan fingerprint density at radius 3 is 2.38 bits per heavy atom. The Balaban J connectivity index is 1.75. The number of aromatic nitrogens is 1. The molecule has 1 heterocycles. The summed E-state index contributed by atoms with van der Waals surface area (Å²) in [7, 11) is 0. The van der Waals surface area contributed by atoms with E-state index in [0.717, 1.165) is 5.56 Å². The molecule has 0 radical (unpaired) electrons. The summed E-state index contributed by atoms with van der Waals surface area (Å²) in [5.74, 6) is -0.187. The van der Waals surface area contributed by atoms with Gasteiger partial charge in [-0.25, -0.2) is 4.98 Å².